The zero-order chi connectivity index (χ0) is 13.5. The Kier molecular flexibility index (Phi) is 3.54. The highest BCUT2D eigenvalue weighted by molar-refractivity contribution is 9.10. The van der Waals surface area contributed by atoms with E-state index in [1.165, 1.54) is 44.6 Å². The van der Waals surface area contributed by atoms with Gasteiger partial charge < -0.3 is 5.32 Å². The van der Waals surface area contributed by atoms with E-state index in [1.54, 1.807) is 0 Å². The van der Waals surface area contributed by atoms with Crippen molar-refractivity contribution in [1.82, 2.24) is 0 Å². The molecule has 1 spiro atoms. The van der Waals surface area contributed by atoms with Crippen molar-refractivity contribution in [1.29, 1.82) is 0 Å². The number of halogens is 3. The second kappa shape index (κ2) is 5.04. The molecular formula is C15H18BrF2N. The third kappa shape index (κ3) is 2.39. The fourth-order valence-electron chi connectivity index (χ4n) is 3.63. The number of hydrogen-bond acceptors (Lipinski definition) is 1. The van der Waals surface area contributed by atoms with E-state index in [1.807, 2.05) is 0 Å². The Morgan fingerprint density at radius 3 is 2.42 bits per heavy atom. The highest BCUT2D eigenvalue weighted by Crippen LogP contribution is 2.53. The van der Waals surface area contributed by atoms with Crippen LogP contribution in [0.25, 0.3) is 0 Å². The van der Waals surface area contributed by atoms with Crippen molar-refractivity contribution in [3.63, 3.8) is 0 Å². The van der Waals surface area contributed by atoms with E-state index < -0.39 is 11.6 Å². The molecule has 1 aromatic carbocycles. The predicted molar refractivity (Wildman–Crippen MR) is 76.2 cm³/mol. The third-order valence-corrected chi connectivity index (χ3v) is 5.47. The second-order valence-corrected chi connectivity index (χ2v) is 6.76. The molecule has 2 saturated carbocycles. The molecule has 2 fully saturated rings. The fourth-order valence-corrected chi connectivity index (χ4v) is 4.15. The standard InChI is InChI=1S/C15H18BrF2N/c16-11-8-10(17)9-12(18)14(11)19-13-4-7-15(13)5-2-1-3-6-15/h8-9,13,19H,1-7H2. The number of benzene rings is 1. The molecule has 3 rings (SSSR count). The lowest BCUT2D eigenvalue weighted by atomic mass is 9.57. The largest absolute Gasteiger partial charge is 0.378 e. The summed E-state index contributed by atoms with van der Waals surface area (Å²) in [5.41, 5.74) is 0.773. The minimum atomic E-state index is -0.545. The van der Waals surface area contributed by atoms with Crippen LogP contribution in [0.4, 0.5) is 14.5 Å². The van der Waals surface area contributed by atoms with Gasteiger partial charge in [-0.15, -0.1) is 0 Å². The van der Waals surface area contributed by atoms with E-state index in [0.717, 1.165) is 12.5 Å². The molecule has 19 heavy (non-hydrogen) atoms. The second-order valence-electron chi connectivity index (χ2n) is 5.90. The van der Waals surface area contributed by atoms with Gasteiger partial charge in [0.15, 0.2) is 0 Å². The van der Waals surface area contributed by atoms with Crippen molar-refractivity contribution in [3.8, 4) is 0 Å². The lowest BCUT2D eigenvalue weighted by molar-refractivity contribution is 0.0569. The Labute approximate surface area is 120 Å². The van der Waals surface area contributed by atoms with Gasteiger partial charge in [-0.25, -0.2) is 8.78 Å². The van der Waals surface area contributed by atoms with Gasteiger partial charge in [-0.3, -0.25) is 0 Å². The van der Waals surface area contributed by atoms with Gasteiger partial charge >= 0.3 is 0 Å². The van der Waals surface area contributed by atoms with E-state index in [2.05, 4.69) is 21.2 Å². The van der Waals surface area contributed by atoms with E-state index in [-0.39, 0.29) is 0 Å². The lowest BCUT2D eigenvalue weighted by Gasteiger charge is -2.52. The molecule has 0 radical (unpaired) electrons. The summed E-state index contributed by atoms with van der Waals surface area (Å²) in [6.07, 6.45) is 8.70. The van der Waals surface area contributed by atoms with Crippen LogP contribution in [-0.4, -0.2) is 6.04 Å². The van der Waals surface area contributed by atoms with Gasteiger partial charge in [0.05, 0.1) is 5.69 Å². The van der Waals surface area contributed by atoms with Crippen LogP contribution in [0, 0.1) is 17.0 Å². The maximum absolute atomic E-state index is 13.9. The average molecular weight is 330 g/mol. The first-order valence-corrected chi connectivity index (χ1v) is 7.81. The summed E-state index contributed by atoms with van der Waals surface area (Å²) >= 11 is 3.25. The van der Waals surface area contributed by atoms with Gasteiger partial charge in [0.25, 0.3) is 0 Å². The highest BCUT2D eigenvalue weighted by atomic mass is 79.9. The van der Waals surface area contributed by atoms with Crippen molar-refractivity contribution in [3.05, 3.63) is 28.2 Å². The zero-order valence-electron chi connectivity index (χ0n) is 10.8. The Balaban J connectivity index is 1.79. The molecule has 1 N–H and O–H groups in total. The lowest BCUT2D eigenvalue weighted by Crippen LogP contribution is -2.50. The van der Waals surface area contributed by atoms with Gasteiger partial charge in [0.1, 0.15) is 11.6 Å². The van der Waals surface area contributed by atoms with Crippen LogP contribution in [0.3, 0.4) is 0 Å². The molecule has 1 unspecified atom stereocenters. The van der Waals surface area contributed by atoms with E-state index in [4.69, 9.17) is 0 Å². The molecule has 0 aliphatic heterocycles. The van der Waals surface area contributed by atoms with Crippen molar-refractivity contribution in [2.45, 2.75) is 51.0 Å². The summed E-state index contributed by atoms with van der Waals surface area (Å²) in [4.78, 5) is 0. The normalized spacial score (nSPS) is 25.1. The van der Waals surface area contributed by atoms with Crippen LogP contribution in [-0.2, 0) is 0 Å². The highest BCUT2D eigenvalue weighted by Gasteiger charge is 2.47. The zero-order valence-corrected chi connectivity index (χ0v) is 12.4. The monoisotopic (exact) mass is 329 g/mol. The van der Waals surface area contributed by atoms with Gasteiger partial charge in [-0.05, 0) is 53.1 Å². The first kappa shape index (κ1) is 13.3. The molecule has 0 aromatic heterocycles. The summed E-state index contributed by atoms with van der Waals surface area (Å²) in [6, 6.07) is 2.60. The van der Waals surface area contributed by atoms with Gasteiger partial charge in [-0.1, -0.05) is 19.3 Å². The molecule has 2 aliphatic carbocycles. The van der Waals surface area contributed by atoms with Gasteiger partial charge in [-0.2, -0.15) is 0 Å². The molecule has 0 heterocycles. The van der Waals surface area contributed by atoms with Crippen molar-refractivity contribution in [2.24, 2.45) is 5.41 Å². The molecule has 0 bridgehead atoms. The van der Waals surface area contributed by atoms with E-state index >= 15 is 0 Å². The summed E-state index contributed by atoms with van der Waals surface area (Å²) in [7, 11) is 0. The quantitative estimate of drug-likeness (QED) is 0.781. The maximum Gasteiger partial charge on any atom is 0.150 e. The first-order valence-electron chi connectivity index (χ1n) is 7.02. The van der Waals surface area contributed by atoms with E-state index in [0.29, 0.717) is 21.6 Å². The summed E-state index contributed by atoms with van der Waals surface area (Å²) in [6.45, 7) is 0. The van der Waals surface area contributed by atoms with Crippen molar-refractivity contribution < 1.29 is 8.78 Å². The number of anilines is 1. The summed E-state index contributed by atoms with van der Waals surface area (Å²) < 4.78 is 27.4. The SMILES string of the molecule is Fc1cc(F)c(NC2CCC23CCCCC3)c(Br)c1. The molecule has 2 aliphatic rings. The number of nitrogens with one attached hydrogen (secondary N) is 1. The Hall–Kier alpha value is -0.640. The molecule has 0 amide bonds. The Morgan fingerprint density at radius 2 is 1.84 bits per heavy atom. The average Bonchev–Trinajstić information content (AvgIpc) is 2.37. The van der Waals surface area contributed by atoms with Crippen LogP contribution in [0.5, 0.6) is 0 Å². The molecule has 104 valence electrons. The first-order chi connectivity index (χ1) is 9.11. The molecule has 1 atom stereocenters. The van der Waals surface area contributed by atoms with Crippen LogP contribution in [0.1, 0.15) is 44.9 Å². The number of rotatable bonds is 2. The summed E-state index contributed by atoms with van der Waals surface area (Å²) in [5.74, 6) is -1.05. The molecule has 0 saturated heterocycles. The fraction of sp³-hybridized carbons (Fsp3) is 0.600. The summed E-state index contributed by atoms with van der Waals surface area (Å²) in [5, 5.41) is 3.31. The van der Waals surface area contributed by atoms with Gasteiger partial charge in [0.2, 0.25) is 0 Å². The smallest absolute Gasteiger partial charge is 0.150 e. The van der Waals surface area contributed by atoms with Gasteiger partial charge in [0, 0.05) is 16.6 Å². The third-order valence-electron chi connectivity index (χ3n) is 4.84. The van der Waals surface area contributed by atoms with E-state index in [9.17, 15) is 8.78 Å². The molecule has 1 aromatic rings. The van der Waals surface area contributed by atoms with Crippen molar-refractivity contribution >= 4 is 21.6 Å². The molecule has 4 heteroatoms. The van der Waals surface area contributed by atoms with Crippen molar-refractivity contribution in [2.75, 3.05) is 5.32 Å². The Morgan fingerprint density at radius 1 is 1.11 bits per heavy atom. The van der Waals surface area contributed by atoms with Crippen LogP contribution < -0.4 is 5.32 Å². The Bertz CT molecular complexity index is 460. The molecular weight excluding hydrogens is 312 g/mol. The van der Waals surface area contributed by atoms with Crippen LogP contribution in [0.15, 0.2) is 16.6 Å². The van der Waals surface area contributed by atoms with Crippen LogP contribution in [0.2, 0.25) is 0 Å². The number of hydrogen-bond donors (Lipinski definition) is 1. The maximum atomic E-state index is 13.9. The predicted octanol–water partition coefficient (Wildman–Crippen LogP) is 5.25. The molecule has 1 nitrogen and oxygen atoms in total. The van der Waals surface area contributed by atoms with Crippen LogP contribution >= 0.6 is 15.9 Å². The topological polar surface area (TPSA) is 12.0 Å². The minimum absolute atomic E-state index is 0.337. The minimum Gasteiger partial charge on any atom is -0.378 e.